The van der Waals surface area contributed by atoms with Crippen LogP contribution in [-0.2, 0) is 13.0 Å². The summed E-state index contributed by atoms with van der Waals surface area (Å²) in [4.78, 5) is 4.44. The molecule has 1 aromatic heterocycles. The number of rotatable bonds is 7. The Bertz CT molecular complexity index is 455. The smallest absolute Gasteiger partial charge is 0.138 e. The molecule has 3 N–H and O–H groups in total. The van der Waals surface area contributed by atoms with Crippen molar-refractivity contribution >= 4 is 0 Å². The predicted molar refractivity (Wildman–Crippen MR) is 83.2 cm³/mol. The summed E-state index contributed by atoms with van der Waals surface area (Å²) in [5.74, 6) is 10.3. The second kappa shape index (κ2) is 6.44. The Labute approximate surface area is 127 Å². The average Bonchev–Trinajstić information content (AvgIpc) is 3.15. The molecule has 4 atom stereocenters. The molecule has 2 saturated carbocycles. The summed E-state index contributed by atoms with van der Waals surface area (Å²) in [5, 5.41) is 4.35. The van der Waals surface area contributed by atoms with E-state index in [2.05, 4.69) is 29.4 Å². The highest BCUT2D eigenvalue weighted by molar-refractivity contribution is 4.95. The Morgan fingerprint density at radius 3 is 2.86 bits per heavy atom. The maximum atomic E-state index is 5.81. The van der Waals surface area contributed by atoms with Crippen molar-refractivity contribution in [1.29, 1.82) is 0 Å². The third-order valence-electron chi connectivity index (χ3n) is 5.37. The zero-order valence-electron chi connectivity index (χ0n) is 13.3. The number of hydrogen-bond donors (Lipinski definition) is 2. The van der Waals surface area contributed by atoms with Crippen LogP contribution >= 0.6 is 0 Å². The van der Waals surface area contributed by atoms with Crippen LogP contribution in [0.25, 0.3) is 0 Å². The fourth-order valence-electron chi connectivity index (χ4n) is 4.41. The molecule has 1 heterocycles. The number of nitrogens with one attached hydrogen (secondary N) is 1. The number of hydrogen-bond acceptors (Lipinski definition) is 4. The van der Waals surface area contributed by atoms with Gasteiger partial charge in [0.2, 0.25) is 0 Å². The number of nitrogens with two attached hydrogens (primary N) is 1. The first kappa shape index (κ1) is 15.0. The molecule has 5 heteroatoms. The third-order valence-corrected chi connectivity index (χ3v) is 5.37. The van der Waals surface area contributed by atoms with Crippen LogP contribution in [0.4, 0.5) is 0 Å². The van der Waals surface area contributed by atoms with Crippen molar-refractivity contribution in [2.24, 2.45) is 29.5 Å². The molecular weight excluding hydrogens is 262 g/mol. The van der Waals surface area contributed by atoms with Crippen LogP contribution in [0.15, 0.2) is 6.33 Å². The Kier molecular flexibility index (Phi) is 4.60. The Morgan fingerprint density at radius 1 is 1.38 bits per heavy atom. The summed E-state index contributed by atoms with van der Waals surface area (Å²) in [6.07, 6.45) is 9.53. The van der Waals surface area contributed by atoms with E-state index in [1.54, 1.807) is 6.33 Å². The second-order valence-corrected chi connectivity index (χ2v) is 7.49. The first-order chi connectivity index (χ1) is 10.2. The average molecular weight is 291 g/mol. The molecule has 4 unspecified atom stereocenters. The number of hydrazine groups is 1. The molecule has 0 aromatic carbocycles. The van der Waals surface area contributed by atoms with Crippen molar-refractivity contribution in [2.75, 3.05) is 0 Å². The van der Waals surface area contributed by atoms with E-state index in [9.17, 15) is 0 Å². The molecule has 0 spiro atoms. The summed E-state index contributed by atoms with van der Waals surface area (Å²) < 4.78 is 2.04. The largest absolute Gasteiger partial charge is 0.271 e. The standard InChI is InChI=1S/C16H29N5/c1-11(2)9-21-16(18-10-19-21)8-15(20-17)7-14-6-12-3-4-13(14)5-12/h10-15,20H,3-9,17H2,1-2H3. The molecule has 0 amide bonds. The lowest BCUT2D eigenvalue weighted by Gasteiger charge is -2.26. The summed E-state index contributed by atoms with van der Waals surface area (Å²) in [6, 6.07) is 0.324. The first-order valence-electron chi connectivity index (χ1n) is 8.48. The molecular formula is C16H29N5. The fourth-order valence-corrected chi connectivity index (χ4v) is 4.41. The van der Waals surface area contributed by atoms with Crippen LogP contribution < -0.4 is 11.3 Å². The van der Waals surface area contributed by atoms with Crippen LogP contribution in [-0.4, -0.2) is 20.8 Å². The summed E-state index contributed by atoms with van der Waals surface area (Å²) >= 11 is 0. The number of aromatic nitrogens is 3. The molecule has 21 heavy (non-hydrogen) atoms. The highest BCUT2D eigenvalue weighted by atomic mass is 15.3. The van der Waals surface area contributed by atoms with Gasteiger partial charge in [-0.2, -0.15) is 5.10 Å². The van der Waals surface area contributed by atoms with Crippen molar-refractivity contribution in [3.8, 4) is 0 Å². The lowest BCUT2D eigenvalue weighted by Crippen LogP contribution is -2.39. The molecule has 2 bridgehead atoms. The van der Waals surface area contributed by atoms with Gasteiger partial charge in [0.1, 0.15) is 12.2 Å². The molecule has 2 aliphatic rings. The van der Waals surface area contributed by atoms with Gasteiger partial charge in [-0.1, -0.05) is 20.3 Å². The molecule has 5 nitrogen and oxygen atoms in total. The minimum atomic E-state index is 0.324. The maximum Gasteiger partial charge on any atom is 0.138 e. The predicted octanol–water partition coefficient (Wildman–Crippen LogP) is 2.13. The van der Waals surface area contributed by atoms with Crippen molar-refractivity contribution in [1.82, 2.24) is 20.2 Å². The van der Waals surface area contributed by atoms with Crippen LogP contribution in [0, 0.1) is 23.7 Å². The molecule has 2 fully saturated rings. The van der Waals surface area contributed by atoms with E-state index in [-0.39, 0.29) is 0 Å². The molecule has 0 radical (unpaired) electrons. The summed E-state index contributed by atoms with van der Waals surface area (Å²) in [7, 11) is 0. The van der Waals surface area contributed by atoms with Crippen molar-refractivity contribution < 1.29 is 0 Å². The van der Waals surface area contributed by atoms with E-state index in [1.165, 1.54) is 32.1 Å². The monoisotopic (exact) mass is 291 g/mol. The van der Waals surface area contributed by atoms with Gasteiger partial charge in [0.25, 0.3) is 0 Å². The van der Waals surface area contributed by atoms with Gasteiger partial charge in [-0.05, 0) is 49.4 Å². The molecule has 1 aromatic rings. The first-order valence-corrected chi connectivity index (χ1v) is 8.48. The summed E-state index contributed by atoms with van der Waals surface area (Å²) in [6.45, 7) is 5.35. The third kappa shape index (κ3) is 3.46. The van der Waals surface area contributed by atoms with Gasteiger partial charge < -0.3 is 0 Å². The Morgan fingerprint density at radius 2 is 2.24 bits per heavy atom. The zero-order valence-corrected chi connectivity index (χ0v) is 13.3. The molecule has 0 aliphatic heterocycles. The van der Waals surface area contributed by atoms with Crippen LogP contribution in [0.2, 0.25) is 0 Å². The lowest BCUT2D eigenvalue weighted by atomic mass is 9.83. The van der Waals surface area contributed by atoms with Gasteiger partial charge in [-0.25, -0.2) is 9.67 Å². The maximum absolute atomic E-state index is 5.81. The van der Waals surface area contributed by atoms with Gasteiger partial charge in [0.15, 0.2) is 0 Å². The van der Waals surface area contributed by atoms with E-state index in [0.717, 1.165) is 36.5 Å². The van der Waals surface area contributed by atoms with Crippen molar-refractivity contribution in [3.05, 3.63) is 12.2 Å². The van der Waals surface area contributed by atoms with Crippen LogP contribution in [0.3, 0.4) is 0 Å². The van der Waals surface area contributed by atoms with Gasteiger partial charge in [-0.3, -0.25) is 11.3 Å². The molecule has 2 aliphatic carbocycles. The van der Waals surface area contributed by atoms with E-state index >= 15 is 0 Å². The Hall–Kier alpha value is -0.940. The minimum absolute atomic E-state index is 0.324. The second-order valence-electron chi connectivity index (χ2n) is 7.49. The normalized spacial score (nSPS) is 29.4. The zero-order chi connectivity index (χ0) is 14.8. The highest BCUT2D eigenvalue weighted by Crippen LogP contribution is 2.49. The quantitative estimate of drug-likeness (QED) is 0.596. The SMILES string of the molecule is CC(C)Cn1ncnc1CC(CC1CC2CCC1C2)NN. The van der Waals surface area contributed by atoms with E-state index in [0.29, 0.717) is 12.0 Å². The van der Waals surface area contributed by atoms with Crippen molar-refractivity contribution in [3.63, 3.8) is 0 Å². The van der Waals surface area contributed by atoms with Gasteiger partial charge >= 0.3 is 0 Å². The van der Waals surface area contributed by atoms with Gasteiger partial charge in [0.05, 0.1) is 0 Å². The summed E-state index contributed by atoms with van der Waals surface area (Å²) in [5.41, 5.74) is 3.03. The lowest BCUT2D eigenvalue weighted by molar-refractivity contribution is 0.274. The van der Waals surface area contributed by atoms with Crippen LogP contribution in [0.5, 0.6) is 0 Å². The van der Waals surface area contributed by atoms with Crippen LogP contribution in [0.1, 0.15) is 51.8 Å². The minimum Gasteiger partial charge on any atom is -0.271 e. The fraction of sp³-hybridized carbons (Fsp3) is 0.875. The number of fused-ring (bicyclic) bond motifs is 2. The Balaban J connectivity index is 1.58. The van der Waals surface area contributed by atoms with E-state index in [4.69, 9.17) is 5.84 Å². The van der Waals surface area contributed by atoms with Crippen molar-refractivity contribution in [2.45, 2.75) is 65.0 Å². The van der Waals surface area contributed by atoms with Gasteiger partial charge in [0, 0.05) is 19.0 Å². The van der Waals surface area contributed by atoms with E-state index < -0.39 is 0 Å². The number of nitrogens with zero attached hydrogens (tertiary/aromatic N) is 3. The highest BCUT2D eigenvalue weighted by Gasteiger charge is 2.40. The molecule has 0 saturated heterocycles. The molecule has 3 rings (SSSR count). The topological polar surface area (TPSA) is 68.8 Å². The van der Waals surface area contributed by atoms with Gasteiger partial charge in [-0.15, -0.1) is 0 Å². The molecule has 118 valence electrons. The van der Waals surface area contributed by atoms with E-state index in [1.807, 2.05) is 4.68 Å².